The number of carbonyl (C=O) groups is 1. The summed E-state index contributed by atoms with van der Waals surface area (Å²) in [5.41, 5.74) is 0. The Morgan fingerprint density at radius 2 is 2.00 bits per heavy atom. The maximum Gasteiger partial charge on any atom is 0.260 e. The maximum atomic E-state index is 13.4. The first kappa shape index (κ1) is 14.8. The Labute approximate surface area is 117 Å². The Hall–Kier alpha value is -1.65. The molecule has 0 heterocycles. The largest absolute Gasteiger partial charge is 0.478 e. The molecule has 0 saturated heterocycles. The van der Waals surface area contributed by atoms with E-state index in [9.17, 15) is 13.6 Å². The van der Waals surface area contributed by atoms with Gasteiger partial charge in [0.15, 0.2) is 17.7 Å². The molecule has 1 aliphatic rings. The molecule has 110 valence electrons. The minimum absolute atomic E-state index is 0.113. The molecule has 1 aliphatic carbocycles. The highest BCUT2D eigenvalue weighted by atomic mass is 19.1. The average molecular weight is 283 g/mol. The van der Waals surface area contributed by atoms with Gasteiger partial charge >= 0.3 is 0 Å². The number of halogens is 2. The fourth-order valence-electron chi connectivity index (χ4n) is 2.38. The van der Waals surface area contributed by atoms with Crippen LogP contribution in [0.25, 0.3) is 0 Å². The van der Waals surface area contributed by atoms with Crippen LogP contribution in [0.3, 0.4) is 0 Å². The zero-order valence-corrected chi connectivity index (χ0v) is 11.5. The van der Waals surface area contributed by atoms with Gasteiger partial charge in [0.1, 0.15) is 5.82 Å². The Morgan fingerprint density at radius 1 is 1.30 bits per heavy atom. The van der Waals surface area contributed by atoms with E-state index >= 15 is 0 Å². The van der Waals surface area contributed by atoms with Gasteiger partial charge in [0.05, 0.1) is 0 Å². The van der Waals surface area contributed by atoms with Gasteiger partial charge in [-0.3, -0.25) is 4.79 Å². The van der Waals surface area contributed by atoms with Crippen LogP contribution in [-0.2, 0) is 4.79 Å². The molecule has 5 heteroatoms. The highest BCUT2D eigenvalue weighted by molar-refractivity contribution is 5.81. The third-order valence-electron chi connectivity index (χ3n) is 3.52. The van der Waals surface area contributed by atoms with E-state index in [0.29, 0.717) is 0 Å². The molecule has 1 aromatic carbocycles. The molecule has 1 aromatic rings. The first-order valence-corrected chi connectivity index (χ1v) is 6.98. The van der Waals surface area contributed by atoms with Crippen LogP contribution >= 0.6 is 0 Å². The lowest BCUT2D eigenvalue weighted by Gasteiger charge is -2.24. The monoisotopic (exact) mass is 283 g/mol. The zero-order chi connectivity index (χ0) is 14.5. The molecule has 1 amide bonds. The van der Waals surface area contributed by atoms with Crippen molar-refractivity contribution in [2.75, 3.05) is 0 Å². The van der Waals surface area contributed by atoms with Gasteiger partial charge in [0.25, 0.3) is 5.91 Å². The minimum Gasteiger partial charge on any atom is -0.478 e. The number of rotatable bonds is 4. The van der Waals surface area contributed by atoms with Crippen LogP contribution < -0.4 is 10.1 Å². The summed E-state index contributed by atoms with van der Waals surface area (Å²) in [5.74, 6) is -1.85. The highest BCUT2D eigenvalue weighted by Crippen LogP contribution is 2.20. The predicted octanol–water partition coefficient (Wildman–Crippen LogP) is 3.18. The first-order chi connectivity index (χ1) is 9.56. The van der Waals surface area contributed by atoms with Crippen molar-refractivity contribution in [3.05, 3.63) is 29.8 Å². The molecule has 1 fully saturated rings. The van der Waals surface area contributed by atoms with Crippen molar-refractivity contribution < 1.29 is 18.3 Å². The van der Waals surface area contributed by atoms with E-state index in [2.05, 4.69) is 5.32 Å². The van der Waals surface area contributed by atoms with Gasteiger partial charge in [0, 0.05) is 12.1 Å². The first-order valence-electron chi connectivity index (χ1n) is 6.98. The van der Waals surface area contributed by atoms with Crippen molar-refractivity contribution in [2.24, 2.45) is 0 Å². The number of amides is 1. The van der Waals surface area contributed by atoms with Crippen LogP contribution in [0.2, 0.25) is 0 Å². The van der Waals surface area contributed by atoms with Crippen LogP contribution in [0, 0.1) is 11.6 Å². The van der Waals surface area contributed by atoms with Gasteiger partial charge in [-0.05, 0) is 31.9 Å². The molecule has 1 unspecified atom stereocenters. The molecule has 20 heavy (non-hydrogen) atoms. The second-order valence-electron chi connectivity index (χ2n) is 5.18. The van der Waals surface area contributed by atoms with Crippen molar-refractivity contribution in [3.8, 4) is 5.75 Å². The van der Waals surface area contributed by atoms with Gasteiger partial charge in [0.2, 0.25) is 0 Å². The Kier molecular flexibility index (Phi) is 4.93. The lowest BCUT2D eigenvalue weighted by Crippen LogP contribution is -2.43. The molecule has 0 aromatic heterocycles. The standard InChI is InChI=1S/C15H19F2NO2/c1-10(15(19)18-12-5-3-2-4-6-12)20-14-8-7-11(16)9-13(14)17/h7-10,12H,2-6H2,1H3,(H,18,19). The molecule has 2 rings (SSSR count). The molecular weight excluding hydrogens is 264 g/mol. The number of hydrogen-bond acceptors (Lipinski definition) is 2. The summed E-state index contributed by atoms with van der Waals surface area (Å²) >= 11 is 0. The van der Waals surface area contributed by atoms with E-state index in [-0.39, 0.29) is 17.7 Å². The van der Waals surface area contributed by atoms with Crippen molar-refractivity contribution >= 4 is 5.91 Å². The molecule has 0 spiro atoms. The quantitative estimate of drug-likeness (QED) is 0.921. The summed E-state index contributed by atoms with van der Waals surface area (Å²) < 4.78 is 31.5. The average Bonchev–Trinajstić information content (AvgIpc) is 2.43. The van der Waals surface area contributed by atoms with E-state index in [1.165, 1.54) is 12.5 Å². The highest BCUT2D eigenvalue weighted by Gasteiger charge is 2.21. The van der Waals surface area contributed by atoms with E-state index < -0.39 is 17.7 Å². The van der Waals surface area contributed by atoms with Crippen LogP contribution in [0.15, 0.2) is 18.2 Å². The lowest BCUT2D eigenvalue weighted by molar-refractivity contribution is -0.128. The molecule has 1 saturated carbocycles. The summed E-state index contributed by atoms with van der Waals surface area (Å²) in [7, 11) is 0. The van der Waals surface area contributed by atoms with Crippen molar-refractivity contribution in [2.45, 2.75) is 51.2 Å². The van der Waals surface area contributed by atoms with Crippen LogP contribution in [0.4, 0.5) is 8.78 Å². The summed E-state index contributed by atoms with van der Waals surface area (Å²) in [6, 6.07) is 3.21. The van der Waals surface area contributed by atoms with Crippen LogP contribution in [0.5, 0.6) is 5.75 Å². The van der Waals surface area contributed by atoms with Gasteiger partial charge in [-0.25, -0.2) is 8.78 Å². The Balaban J connectivity index is 1.89. The zero-order valence-electron chi connectivity index (χ0n) is 11.5. The second kappa shape index (κ2) is 6.68. The molecule has 1 N–H and O–H groups in total. The minimum atomic E-state index is -0.808. The van der Waals surface area contributed by atoms with Gasteiger partial charge in [-0.2, -0.15) is 0 Å². The number of carbonyl (C=O) groups excluding carboxylic acids is 1. The molecule has 0 radical (unpaired) electrons. The Morgan fingerprint density at radius 3 is 2.65 bits per heavy atom. The summed E-state index contributed by atoms with van der Waals surface area (Å²) in [4.78, 5) is 12.0. The lowest BCUT2D eigenvalue weighted by atomic mass is 9.95. The van der Waals surface area contributed by atoms with Crippen LogP contribution in [0.1, 0.15) is 39.0 Å². The SMILES string of the molecule is CC(Oc1ccc(F)cc1F)C(=O)NC1CCCCC1. The molecule has 0 bridgehead atoms. The number of nitrogens with one attached hydrogen (secondary N) is 1. The molecule has 3 nitrogen and oxygen atoms in total. The van der Waals surface area contributed by atoms with E-state index in [4.69, 9.17) is 4.74 Å². The van der Waals surface area contributed by atoms with Gasteiger partial charge in [-0.1, -0.05) is 19.3 Å². The summed E-state index contributed by atoms with van der Waals surface area (Å²) in [6.45, 7) is 1.56. The topological polar surface area (TPSA) is 38.3 Å². The normalized spacial score (nSPS) is 17.6. The fourth-order valence-corrected chi connectivity index (χ4v) is 2.38. The van der Waals surface area contributed by atoms with E-state index in [1.807, 2.05) is 0 Å². The number of benzene rings is 1. The van der Waals surface area contributed by atoms with E-state index in [1.54, 1.807) is 6.92 Å². The molecule has 0 aliphatic heterocycles. The third kappa shape index (κ3) is 3.92. The molecule has 1 atom stereocenters. The van der Waals surface area contributed by atoms with Gasteiger partial charge < -0.3 is 10.1 Å². The van der Waals surface area contributed by atoms with Crippen molar-refractivity contribution in [1.82, 2.24) is 5.32 Å². The summed E-state index contributed by atoms with van der Waals surface area (Å²) in [5, 5.41) is 2.91. The van der Waals surface area contributed by atoms with Crippen LogP contribution in [-0.4, -0.2) is 18.1 Å². The van der Waals surface area contributed by atoms with Crippen molar-refractivity contribution in [1.29, 1.82) is 0 Å². The smallest absolute Gasteiger partial charge is 0.260 e. The number of ether oxygens (including phenoxy) is 1. The third-order valence-corrected chi connectivity index (χ3v) is 3.52. The fraction of sp³-hybridized carbons (Fsp3) is 0.533. The maximum absolute atomic E-state index is 13.4. The molecular formula is C15H19F2NO2. The number of hydrogen-bond donors (Lipinski definition) is 1. The summed E-state index contributed by atoms with van der Waals surface area (Å²) in [6.07, 6.45) is 4.59. The van der Waals surface area contributed by atoms with Crippen molar-refractivity contribution in [3.63, 3.8) is 0 Å². The Bertz CT molecular complexity index is 473. The van der Waals surface area contributed by atoms with Gasteiger partial charge in [-0.15, -0.1) is 0 Å². The predicted molar refractivity (Wildman–Crippen MR) is 71.5 cm³/mol. The second-order valence-corrected chi connectivity index (χ2v) is 5.18. The van der Waals surface area contributed by atoms with E-state index in [0.717, 1.165) is 37.8 Å².